The minimum absolute atomic E-state index is 0.0317. The smallest absolute Gasteiger partial charge is 0.0444 e. The summed E-state index contributed by atoms with van der Waals surface area (Å²) in [5.41, 5.74) is 7.34. The van der Waals surface area contributed by atoms with Gasteiger partial charge in [-0.25, -0.2) is 0 Å². The summed E-state index contributed by atoms with van der Waals surface area (Å²) in [5.74, 6) is 0. The van der Waals surface area contributed by atoms with Crippen LogP contribution in [0.5, 0.6) is 0 Å². The van der Waals surface area contributed by atoms with Crippen molar-refractivity contribution in [1.29, 1.82) is 0 Å². The van der Waals surface area contributed by atoms with Crippen LogP contribution in [0.4, 0.5) is 0 Å². The Morgan fingerprint density at radius 2 is 2.11 bits per heavy atom. The van der Waals surface area contributed by atoms with E-state index in [2.05, 4.69) is 34.5 Å². The molecular weight excluding hydrogens is 238 g/mol. The van der Waals surface area contributed by atoms with E-state index in [9.17, 15) is 0 Å². The number of hydrogen-bond donors (Lipinski definition) is 3. The summed E-state index contributed by atoms with van der Waals surface area (Å²) >= 11 is 0. The summed E-state index contributed by atoms with van der Waals surface area (Å²) in [6.45, 7) is 4.80. The summed E-state index contributed by atoms with van der Waals surface area (Å²) in [4.78, 5) is 2.45. The molecule has 1 fully saturated rings. The maximum atomic E-state index is 8.86. The standard InChI is InChI=1S/C15H25N3O/c16-12-15(17-8-4-10-19)7-9-18(13-15)11-14-5-2-1-3-6-14/h1-3,5-6,17,19H,4,7-13,16H2. The van der Waals surface area contributed by atoms with Gasteiger partial charge in [0.25, 0.3) is 0 Å². The number of nitrogens with two attached hydrogens (primary N) is 1. The van der Waals surface area contributed by atoms with Gasteiger partial charge in [0.2, 0.25) is 0 Å². The highest BCUT2D eigenvalue weighted by Gasteiger charge is 2.36. The molecule has 1 unspecified atom stereocenters. The molecule has 1 aliphatic rings. The molecule has 1 saturated heterocycles. The molecule has 1 aliphatic heterocycles. The zero-order chi connectivity index (χ0) is 13.6. The molecule has 1 heterocycles. The van der Waals surface area contributed by atoms with Crippen molar-refractivity contribution in [3.8, 4) is 0 Å². The summed E-state index contributed by atoms with van der Waals surface area (Å²) < 4.78 is 0. The van der Waals surface area contributed by atoms with E-state index in [1.165, 1.54) is 5.56 Å². The van der Waals surface area contributed by atoms with Gasteiger partial charge in [-0.2, -0.15) is 0 Å². The van der Waals surface area contributed by atoms with Crippen molar-refractivity contribution in [1.82, 2.24) is 10.2 Å². The highest BCUT2D eigenvalue weighted by Crippen LogP contribution is 2.22. The Morgan fingerprint density at radius 1 is 1.32 bits per heavy atom. The van der Waals surface area contributed by atoms with Gasteiger partial charge in [-0.3, -0.25) is 4.90 Å². The maximum absolute atomic E-state index is 8.86. The summed E-state index contributed by atoms with van der Waals surface area (Å²) in [6.07, 6.45) is 1.88. The highest BCUT2D eigenvalue weighted by molar-refractivity contribution is 5.15. The monoisotopic (exact) mass is 263 g/mol. The number of hydrogen-bond acceptors (Lipinski definition) is 4. The van der Waals surface area contributed by atoms with Crippen LogP contribution in [0.1, 0.15) is 18.4 Å². The van der Waals surface area contributed by atoms with Gasteiger partial charge in [0.05, 0.1) is 0 Å². The Labute approximate surface area is 115 Å². The zero-order valence-electron chi connectivity index (χ0n) is 11.5. The average Bonchev–Trinajstić information content (AvgIpc) is 2.84. The number of nitrogens with one attached hydrogen (secondary N) is 1. The Morgan fingerprint density at radius 3 is 2.79 bits per heavy atom. The Bertz CT molecular complexity index is 371. The molecule has 1 atom stereocenters. The normalized spacial score (nSPS) is 23.9. The van der Waals surface area contributed by atoms with Crippen molar-refractivity contribution in [2.24, 2.45) is 5.73 Å². The highest BCUT2D eigenvalue weighted by atomic mass is 16.3. The number of rotatable bonds is 7. The van der Waals surface area contributed by atoms with Gasteiger partial charge < -0.3 is 16.2 Å². The lowest BCUT2D eigenvalue weighted by atomic mass is 9.99. The van der Waals surface area contributed by atoms with Crippen LogP contribution in [0.2, 0.25) is 0 Å². The van der Waals surface area contributed by atoms with Gasteiger partial charge >= 0.3 is 0 Å². The quantitative estimate of drug-likeness (QED) is 0.629. The van der Waals surface area contributed by atoms with E-state index in [4.69, 9.17) is 10.8 Å². The number of nitrogens with zero attached hydrogens (tertiary/aromatic N) is 1. The van der Waals surface area contributed by atoms with Gasteiger partial charge in [0, 0.05) is 38.3 Å². The van der Waals surface area contributed by atoms with E-state index >= 15 is 0 Å². The van der Waals surface area contributed by atoms with Gasteiger partial charge in [0.15, 0.2) is 0 Å². The van der Waals surface area contributed by atoms with Gasteiger partial charge in [-0.05, 0) is 24.9 Å². The molecule has 1 aromatic carbocycles. The first-order valence-corrected chi connectivity index (χ1v) is 7.10. The Hall–Kier alpha value is -0.940. The average molecular weight is 263 g/mol. The van der Waals surface area contributed by atoms with Crippen LogP contribution in [-0.4, -0.2) is 48.3 Å². The lowest BCUT2D eigenvalue weighted by molar-refractivity contribution is 0.255. The van der Waals surface area contributed by atoms with Gasteiger partial charge in [-0.15, -0.1) is 0 Å². The molecule has 0 spiro atoms. The number of aliphatic hydroxyl groups is 1. The van der Waals surface area contributed by atoms with E-state index < -0.39 is 0 Å². The lowest BCUT2D eigenvalue weighted by Gasteiger charge is -2.29. The van der Waals surface area contributed by atoms with Crippen LogP contribution in [0, 0.1) is 0 Å². The molecule has 4 N–H and O–H groups in total. The van der Waals surface area contributed by atoms with E-state index in [1.54, 1.807) is 0 Å². The van der Waals surface area contributed by atoms with E-state index in [0.29, 0.717) is 6.54 Å². The molecule has 0 aliphatic carbocycles. The van der Waals surface area contributed by atoms with Crippen LogP contribution < -0.4 is 11.1 Å². The predicted molar refractivity (Wildman–Crippen MR) is 77.8 cm³/mol. The maximum Gasteiger partial charge on any atom is 0.0444 e. The van der Waals surface area contributed by atoms with Crippen LogP contribution >= 0.6 is 0 Å². The van der Waals surface area contributed by atoms with Crippen molar-refractivity contribution < 1.29 is 5.11 Å². The molecule has 2 rings (SSSR count). The van der Waals surface area contributed by atoms with Crippen molar-refractivity contribution >= 4 is 0 Å². The first-order chi connectivity index (χ1) is 9.28. The minimum Gasteiger partial charge on any atom is -0.396 e. The number of benzene rings is 1. The second-order valence-corrected chi connectivity index (χ2v) is 5.43. The third-order valence-corrected chi connectivity index (χ3v) is 3.91. The van der Waals surface area contributed by atoms with Gasteiger partial charge in [-0.1, -0.05) is 30.3 Å². The number of likely N-dealkylation sites (tertiary alicyclic amines) is 1. The number of aliphatic hydroxyl groups excluding tert-OH is 1. The largest absolute Gasteiger partial charge is 0.396 e. The SMILES string of the molecule is NCC1(NCCCO)CCN(Cc2ccccc2)C1. The molecule has 0 amide bonds. The Balaban J connectivity index is 1.86. The van der Waals surface area contributed by atoms with Gasteiger partial charge in [0.1, 0.15) is 0 Å². The molecular formula is C15H25N3O. The fraction of sp³-hybridized carbons (Fsp3) is 0.600. The third-order valence-electron chi connectivity index (χ3n) is 3.91. The first-order valence-electron chi connectivity index (χ1n) is 7.10. The van der Waals surface area contributed by atoms with E-state index in [0.717, 1.165) is 39.0 Å². The molecule has 0 aromatic heterocycles. The topological polar surface area (TPSA) is 61.5 Å². The van der Waals surface area contributed by atoms with Crippen molar-refractivity contribution in [2.45, 2.75) is 24.9 Å². The molecule has 106 valence electrons. The van der Waals surface area contributed by atoms with Crippen molar-refractivity contribution in [2.75, 3.05) is 32.8 Å². The fourth-order valence-corrected chi connectivity index (χ4v) is 2.75. The molecule has 1 aromatic rings. The molecule has 4 nitrogen and oxygen atoms in total. The summed E-state index contributed by atoms with van der Waals surface area (Å²) in [6, 6.07) is 10.6. The van der Waals surface area contributed by atoms with Crippen LogP contribution in [0.3, 0.4) is 0 Å². The molecule has 0 saturated carbocycles. The van der Waals surface area contributed by atoms with E-state index in [-0.39, 0.29) is 12.1 Å². The van der Waals surface area contributed by atoms with E-state index in [1.807, 2.05) is 6.07 Å². The predicted octanol–water partition coefficient (Wildman–Crippen LogP) is 0.562. The summed E-state index contributed by atoms with van der Waals surface area (Å²) in [7, 11) is 0. The first kappa shape index (κ1) is 14.5. The third kappa shape index (κ3) is 4.01. The van der Waals surface area contributed by atoms with Crippen LogP contribution in [0.15, 0.2) is 30.3 Å². The Kier molecular flexibility index (Phi) is 5.34. The van der Waals surface area contributed by atoms with Crippen molar-refractivity contribution in [3.05, 3.63) is 35.9 Å². The minimum atomic E-state index is 0.0317. The zero-order valence-corrected chi connectivity index (χ0v) is 11.5. The molecule has 4 heteroatoms. The molecule has 0 bridgehead atoms. The molecule has 19 heavy (non-hydrogen) atoms. The second kappa shape index (κ2) is 7.01. The molecule has 0 radical (unpaired) electrons. The second-order valence-electron chi connectivity index (χ2n) is 5.43. The fourth-order valence-electron chi connectivity index (χ4n) is 2.75. The summed E-state index contributed by atoms with van der Waals surface area (Å²) in [5, 5.41) is 12.4. The van der Waals surface area contributed by atoms with Crippen molar-refractivity contribution in [3.63, 3.8) is 0 Å². The van der Waals surface area contributed by atoms with Crippen LogP contribution in [-0.2, 0) is 6.54 Å². The van der Waals surface area contributed by atoms with Crippen LogP contribution in [0.25, 0.3) is 0 Å². The lowest BCUT2D eigenvalue weighted by Crippen LogP contribution is -2.53.